The van der Waals surface area contributed by atoms with Crippen LogP contribution in [-0.4, -0.2) is 45.9 Å². The Balaban J connectivity index is 1.78. The summed E-state index contributed by atoms with van der Waals surface area (Å²) < 4.78 is 5.34. The second kappa shape index (κ2) is 5.50. The molecule has 3 heterocycles. The molecule has 2 fully saturated rings. The molecule has 2 amide bonds. The number of nitrogens with zero attached hydrogens (tertiary/aromatic N) is 3. The predicted octanol–water partition coefficient (Wildman–Crippen LogP) is 1.66. The van der Waals surface area contributed by atoms with Crippen molar-refractivity contribution < 1.29 is 14.1 Å². The molecule has 2 atom stereocenters. The summed E-state index contributed by atoms with van der Waals surface area (Å²) >= 11 is 0. The molecular weight excluding hydrogens is 270 g/mol. The molecule has 0 N–H and O–H groups in total. The maximum atomic E-state index is 12.8. The molecule has 0 aromatic carbocycles. The minimum atomic E-state index is -0.299. The zero-order chi connectivity index (χ0) is 15.0. The molecule has 0 spiro atoms. The van der Waals surface area contributed by atoms with E-state index in [1.807, 2.05) is 17.9 Å². The molecule has 21 heavy (non-hydrogen) atoms. The zero-order valence-corrected chi connectivity index (χ0v) is 12.5. The van der Waals surface area contributed by atoms with E-state index < -0.39 is 0 Å². The van der Waals surface area contributed by atoms with Gasteiger partial charge in [0, 0.05) is 26.1 Å². The molecule has 114 valence electrons. The number of likely N-dealkylation sites (tertiary alicyclic amines) is 2. The lowest BCUT2D eigenvalue weighted by Gasteiger charge is -2.30. The number of rotatable bonds is 2. The molecule has 0 radical (unpaired) electrons. The normalized spacial score (nSPS) is 25.6. The number of hydrogen-bond donors (Lipinski definition) is 0. The summed E-state index contributed by atoms with van der Waals surface area (Å²) in [6.07, 6.45) is 3.52. The van der Waals surface area contributed by atoms with E-state index in [1.54, 1.807) is 4.90 Å². The van der Waals surface area contributed by atoms with Crippen molar-refractivity contribution in [2.45, 2.75) is 51.6 Å². The number of aryl methyl sites for hydroxylation is 1. The van der Waals surface area contributed by atoms with Crippen LogP contribution in [0, 0.1) is 6.92 Å². The van der Waals surface area contributed by atoms with E-state index in [9.17, 15) is 9.59 Å². The van der Waals surface area contributed by atoms with Gasteiger partial charge in [-0.25, -0.2) is 0 Å². The highest BCUT2D eigenvalue weighted by molar-refractivity contribution is 5.88. The first-order valence-corrected chi connectivity index (χ1v) is 7.59. The fraction of sp³-hybridized carbons (Fsp3) is 0.667. The minimum Gasteiger partial charge on any atom is -0.359 e. The standard InChI is InChI=1S/C15H21N3O3/c1-10-9-14(21-16-10)12-5-3-8-18(12)15(20)13-6-4-7-17(13)11(2)19/h9,12-13H,3-8H2,1-2H3. The highest BCUT2D eigenvalue weighted by Crippen LogP contribution is 2.34. The van der Waals surface area contributed by atoms with Crippen molar-refractivity contribution in [3.8, 4) is 0 Å². The fourth-order valence-electron chi connectivity index (χ4n) is 3.46. The van der Waals surface area contributed by atoms with Crippen molar-refractivity contribution in [1.29, 1.82) is 0 Å². The second-order valence-electron chi connectivity index (χ2n) is 5.93. The van der Waals surface area contributed by atoms with E-state index in [4.69, 9.17) is 4.52 Å². The van der Waals surface area contributed by atoms with Gasteiger partial charge in [-0.3, -0.25) is 9.59 Å². The van der Waals surface area contributed by atoms with Crippen LogP contribution in [0.4, 0.5) is 0 Å². The second-order valence-corrected chi connectivity index (χ2v) is 5.93. The molecule has 2 aliphatic heterocycles. The van der Waals surface area contributed by atoms with Gasteiger partial charge < -0.3 is 14.3 Å². The van der Waals surface area contributed by atoms with Crippen LogP contribution in [0.5, 0.6) is 0 Å². The average Bonchev–Trinajstić information content (AvgIpc) is 3.17. The van der Waals surface area contributed by atoms with Crippen molar-refractivity contribution in [3.05, 3.63) is 17.5 Å². The highest BCUT2D eigenvalue weighted by atomic mass is 16.5. The van der Waals surface area contributed by atoms with Gasteiger partial charge in [-0.05, 0) is 32.6 Å². The topological polar surface area (TPSA) is 66.7 Å². The lowest BCUT2D eigenvalue weighted by molar-refractivity contribution is -0.143. The van der Waals surface area contributed by atoms with Crippen molar-refractivity contribution in [2.75, 3.05) is 13.1 Å². The van der Waals surface area contributed by atoms with Gasteiger partial charge in [-0.1, -0.05) is 5.16 Å². The monoisotopic (exact) mass is 291 g/mol. The smallest absolute Gasteiger partial charge is 0.246 e. The molecule has 2 saturated heterocycles. The first-order valence-electron chi connectivity index (χ1n) is 7.59. The van der Waals surface area contributed by atoms with Gasteiger partial charge in [-0.2, -0.15) is 0 Å². The molecule has 2 unspecified atom stereocenters. The Kier molecular flexibility index (Phi) is 3.69. The molecule has 1 aromatic rings. The van der Waals surface area contributed by atoms with Gasteiger partial charge in [0.05, 0.1) is 11.7 Å². The summed E-state index contributed by atoms with van der Waals surface area (Å²) in [6.45, 7) is 4.83. The third-order valence-electron chi connectivity index (χ3n) is 4.45. The number of aromatic nitrogens is 1. The number of carbonyl (C=O) groups is 2. The van der Waals surface area contributed by atoms with Crippen LogP contribution >= 0.6 is 0 Å². The van der Waals surface area contributed by atoms with Crippen LogP contribution < -0.4 is 0 Å². The molecule has 1 aromatic heterocycles. The maximum absolute atomic E-state index is 12.8. The van der Waals surface area contributed by atoms with Gasteiger partial charge in [0.2, 0.25) is 11.8 Å². The Morgan fingerprint density at radius 1 is 1.24 bits per heavy atom. The average molecular weight is 291 g/mol. The Morgan fingerprint density at radius 3 is 2.62 bits per heavy atom. The van der Waals surface area contributed by atoms with Crippen molar-refractivity contribution >= 4 is 11.8 Å². The van der Waals surface area contributed by atoms with Gasteiger partial charge >= 0.3 is 0 Å². The molecule has 0 saturated carbocycles. The summed E-state index contributed by atoms with van der Waals surface area (Å²) in [4.78, 5) is 28.0. The molecule has 6 heteroatoms. The van der Waals surface area contributed by atoms with Crippen LogP contribution in [0.15, 0.2) is 10.6 Å². The third kappa shape index (κ3) is 2.54. The Bertz CT molecular complexity index is 554. The molecule has 0 bridgehead atoms. The minimum absolute atomic E-state index is 0.0166. The Hall–Kier alpha value is -1.85. The van der Waals surface area contributed by atoms with E-state index in [0.717, 1.165) is 43.7 Å². The summed E-state index contributed by atoms with van der Waals surface area (Å²) in [7, 11) is 0. The van der Waals surface area contributed by atoms with Crippen LogP contribution in [0.2, 0.25) is 0 Å². The van der Waals surface area contributed by atoms with E-state index in [-0.39, 0.29) is 23.9 Å². The molecular formula is C15H21N3O3. The summed E-state index contributed by atoms with van der Waals surface area (Å²) in [5.74, 6) is 0.794. The molecule has 0 aliphatic carbocycles. The number of amides is 2. The maximum Gasteiger partial charge on any atom is 0.246 e. The quantitative estimate of drug-likeness (QED) is 0.831. The van der Waals surface area contributed by atoms with E-state index in [0.29, 0.717) is 6.54 Å². The molecule has 6 nitrogen and oxygen atoms in total. The first kappa shape index (κ1) is 14.1. The van der Waals surface area contributed by atoms with Crippen molar-refractivity contribution in [3.63, 3.8) is 0 Å². The Labute approximate surface area is 124 Å². The molecule has 3 rings (SSSR count). The van der Waals surface area contributed by atoms with Gasteiger partial charge in [-0.15, -0.1) is 0 Å². The van der Waals surface area contributed by atoms with Crippen LogP contribution in [0.1, 0.15) is 50.1 Å². The van der Waals surface area contributed by atoms with E-state index >= 15 is 0 Å². The molecule has 2 aliphatic rings. The van der Waals surface area contributed by atoms with Crippen LogP contribution in [-0.2, 0) is 9.59 Å². The lowest BCUT2D eigenvalue weighted by Crippen LogP contribution is -2.46. The lowest BCUT2D eigenvalue weighted by atomic mass is 10.1. The van der Waals surface area contributed by atoms with Gasteiger partial charge in [0.15, 0.2) is 5.76 Å². The number of hydrogen-bond acceptors (Lipinski definition) is 4. The third-order valence-corrected chi connectivity index (χ3v) is 4.45. The summed E-state index contributed by atoms with van der Waals surface area (Å²) in [5, 5.41) is 3.92. The largest absolute Gasteiger partial charge is 0.359 e. The van der Waals surface area contributed by atoms with Crippen LogP contribution in [0.3, 0.4) is 0 Å². The highest BCUT2D eigenvalue weighted by Gasteiger charge is 2.40. The summed E-state index contributed by atoms with van der Waals surface area (Å²) in [5.41, 5.74) is 0.829. The summed E-state index contributed by atoms with van der Waals surface area (Å²) in [6, 6.07) is 1.56. The Morgan fingerprint density at radius 2 is 1.95 bits per heavy atom. The van der Waals surface area contributed by atoms with Gasteiger partial charge in [0.1, 0.15) is 6.04 Å². The number of carbonyl (C=O) groups excluding carboxylic acids is 2. The van der Waals surface area contributed by atoms with E-state index in [2.05, 4.69) is 5.16 Å². The van der Waals surface area contributed by atoms with Gasteiger partial charge in [0.25, 0.3) is 0 Å². The first-order chi connectivity index (χ1) is 10.1. The zero-order valence-electron chi connectivity index (χ0n) is 12.5. The van der Waals surface area contributed by atoms with Crippen molar-refractivity contribution in [1.82, 2.24) is 15.0 Å². The van der Waals surface area contributed by atoms with Crippen molar-refractivity contribution in [2.24, 2.45) is 0 Å². The predicted molar refractivity (Wildman–Crippen MR) is 75.3 cm³/mol. The van der Waals surface area contributed by atoms with Crippen LogP contribution in [0.25, 0.3) is 0 Å². The SMILES string of the molecule is CC(=O)N1CCCC1C(=O)N1CCCC1c1cc(C)no1. The van der Waals surface area contributed by atoms with E-state index in [1.165, 1.54) is 6.92 Å². The fourth-order valence-corrected chi connectivity index (χ4v) is 3.46.